The summed E-state index contributed by atoms with van der Waals surface area (Å²) in [5.74, 6) is 0. The van der Waals surface area contributed by atoms with Gasteiger partial charge >= 0.3 is 0 Å². The maximum absolute atomic E-state index is 10.4. The largest absolute Gasteiger partial charge is 0.308 e. The van der Waals surface area contributed by atoms with E-state index in [9.17, 15) is 10.5 Å². The summed E-state index contributed by atoms with van der Waals surface area (Å²) < 4.78 is 4.26. The molecule has 0 spiro atoms. The van der Waals surface area contributed by atoms with Crippen LogP contribution in [0.1, 0.15) is 11.1 Å². The highest BCUT2D eigenvalue weighted by atomic mass is 15.0. The first kappa shape index (κ1) is 30.2. The molecule has 7 aromatic carbocycles. The Kier molecular flexibility index (Phi) is 6.91. The third-order valence-electron chi connectivity index (χ3n) is 9.84. The standard InChI is InChI=1S/C46H24N6/c1-49-32-20-22-34(29-18-19-30(27-47)45(24-29)51-41-15-6-3-11-35(41)36-12-4-7-16-42(36)51)39(25-32)37-13-5-8-17-43(37)52-44-23-21-33(50-2)26-40(44)38-14-9-10-31(28-48)46(38)52/h3-26H. The van der Waals surface area contributed by atoms with E-state index < -0.39 is 0 Å². The third-order valence-corrected chi connectivity index (χ3v) is 9.84. The number of hydrogen-bond donors (Lipinski definition) is 0. The van der Waals surface area contributed by atoms with Crippen molar-refractivity contribution in [2.24, 2.45) is 0 Å². The van der Waals surface area contributed by atoms with Gasteiger partial charge in [-0.3, -0.25) is 0 Å². The van der Waals surface area contributed by atoms with Gasteiger partial charge in [-0.1, -0.05) is 91.0 Å². The molecule has 9 rings (SSSR count). The number of hydrogen-bond acceptors (Lipinski definition) is 2. The molecule has 9 aromatic rings. The van der Waals surface area contributed by atoms with E-state index in [0.717, 1.165) is 77.2 Å². The molecule has 0 aliphatic carbocycles. The summed E-state index contributed by atoms with van der Waals surface area (Å²) in [6.45, 7) is 15.6. The number of nitriles is 2. The van der Waals surface area contributed by atoms with Crippen LogP contribution in [-0.4, -0.2) is 9.13 Å². The fourth-order valence-corrected chi connectivity index (χ4v) is 7.60. The summed E-state index contributed by atoms with van der Waals surface area (Å²) in [7, 11) is 0. The van der Waals surface area contributed by atoms with E-state index in [4.69, 9.17) is 13.1 Å². The first-order chi connectivity index (χ1) is 25.6. The van der Waals surface area contributed by atoms with Crippen molar-refractivity contribution in [3.63, 3.8) is 0 Å². The van der Waals surface area contributed by atoms with Gasteiger partial charge in [0, 0.05) is 21.7 Å². The molecular weight excluding hydrogens is 637 g/mol. The predicted octanol–water partition coefficient (Wildman–Crippen LogP) is 12.1. The fraction of sp³-hybridized carbons (Fsp3) is 0. The topological polar surface area (TPSA) is 66.2 Å². The minimum absolute atomic E-state index is 0.492. The van der Waals surface area contributed by atoms with Crippen LogP contribution in [0.4, 0.5) is 11.4 Å². The van der Waals surface area contributed by atoms with Crippen molar-refractivity contribution in [2.45, 2.75) is 0 Å². The van der Waals surface area contributed by atoms with Crippen LogP contribution in [0.25, 0.3) is 86.9 Å². The van der Waals surface area contributed by atoms with Gasteiger partial charge in [0.2, 0.25) is 0 Å². The molecule has 0 unspecified atom stereocenters. The van der Waals surface area contributed by atoms with Crippen LogP contribution in [0.2, 0.25) is 0 Å². The molecule has 0 saturated heterocycles. The zero-order valence-electron chi connectivity index (χ0n) is 27.5. The van der Waals surface area contributed by atoms with Crippen LogP contribution < -0.4 is 0 Å². The smallest absolute Gasteiger partial charge is 0.188 e. The zero-order chi connectivity index (χ0) is 35.3. The van der Waals surface area contributed by atoms with Crippen LogP contribution in [-0.2, 0) is 0 Å². The Hall–Kier alpha value is -7.90. The molecule has 0 fully saturated rings. The second-order valence-corrected chi connectivity index (χ2v) is 12.5. The van der Waals surface area contributed by atoms with Gasteiger partial charge in [0.05, 0.1) is 57.7 Å². The van der Waals surface area contributed by atoms with E-state index >= 15 is 0 Å². The van der Waals surface area contributed by atoms with Gasteiger partial charge in [-0.25, -0.2) is 9.69 Å². The molecule has 0 aliphatic heterocycles. The highest BCUT2D eigenvalue weighted by Crippen LogP contribution is 2.43. The molecule has 0 amide bonds. The molecule has 0 aliphatic rings. The van der Waals surface area contributed by atoms with E-state index in [-0.39, 0.29) is 0 Å². The lowest BCUT2D eigenvalue weighted by molar-refractivity contribution is 1.17. The number of fused-ring (bicyclic) bond motifs is 6. The molecule has 238 valence electrons. The Morgan fingerprint density at radius 1 is 0.442 bits per heavy atom. The number of rotatable bonds is 4. The molecule has 0 N–H and O–H groups in total. The summed E-state index contributed by atoms with van der Waals surface area (Å²) in [5, 5.41) is 24.6. The number of benzene rings is 7. The number of para-hydroxylation sites is 4. The Morgan fingerprint density at radius 3 is 1.81 bits per heavy atom. The molecule has 2 heterocycles. The lowest BCUT2D eigenvalue weighted by atomic mass is 9.92. The van der Waals surface area contributed by atoms with E-state index in [0.29, 0.717) is 22.5 Å². The normalized spacial score (nSPS) is 11.0. The maximum Gasteiger partial charge on any atom is 0.188 e. The lowest BCUT2D eigenvalue weighted by Gasteiger charge is -2.19. The zero-order valence-corrected chi connectivity index (χ0v) is 27.5. The molecule has 6 heteroatoms. The van der Waals surface area contributed by atoms with Gasteiger partial charge < -0.3 is 9.13 Å². The highest BCUT2D eigenvalue weighted by Gasteiger charge is 2.21. The maximum atomic E-state index is 10.4. The first-order valence-corrected chi connectivity index (χ1v) is 16.6. The monoisotopic (exact) mass is 660 g/mol. The second kappa shape index (κ2) is 11.9. The predicted molar refractivity (Wildman–Crippen MR) is 208 cm³/mol. The summed E-state index contributed by atoms with van der Waals surface area (Å²) in [6, 6.07) is 52.2. The highest BCUT2D eigenvalue weighted by molar-refractivity contribution is 6.13. The molecule has 6 nitrogen and oxygen atoms in total. The van der Waals surface area contributed by atoms with Gasteiger partial charge in [0.1, 0.15) is 12.1 Å². The van der Waals surface area contributed by atoms with E-state index in [1.54, 1.807) is 6.07 Å². The SMILES string of the molecule is [C-]#[N+]c1ccc(-c2ccc(C#N)c(-n3c4ccccc4c4ccccc43)c2)c(-c2ccccc2-n2c3ccc([N+]#[C-])cc3c3cccc(C#N)c32)c1. The lowest BCUT2D eigenvalue weighted by Crippen LogP contribution is -2.00. The number of aromatic nitrogens is 2. The van der Waals surface area contributed by atoms with Gasteiger partial charge in [-0.05, 0) is 76.7 Å². The Labute approximate surface area is 299 Å². The quantitative estimate of drug-likeness (QED) is 0.176. The molecule has 0 saturated carbocycles. The van der Waals surface area contributed by atoms with Crippen molar-refractivity contribution in [1.29, 1.82) is 10.5 Å². The van der Waals surface area contributed by atoms with Crippen LogP contribution in [0, 0.1) is 35.8 Å². The Bertz CT molecular complexity index is 3080. The molecule has 0 atom stereocenters. The molecule has 52 heavy (non-hydrogen) atoms. The van der Waals surface area contributed by atoms with Crippen LogP contribution >= 0.6 is 0 Å². The van der Waals surface area contributed by atoms with Crippen LogP contribution in [0.15, 0.2) is 146 Å². The Balaban J connectivity index is 1.33. The summed E-state index contributed by atoms with van der Waals surface area (Å²) in [5.41, 5.74) is 10.8. The van der Waals surface area contributed by atoms with Crippen LogP contribution in [0.3, 0.4) is 0 Å². The number of nitrogens with zero attached hydrogens (tertiary/aromatic N) is 6. The molecule has 2 aromatic heterocycles. The fourth-order valence-electron chi connectivity index (χ4n) is 7.60. The minimum atomic E-state index is 0.492. The molecule has 0 radical (unpaired) electrons. The van der Waals surface area contributed by atoms with E-state index in [2.05, 4.69) is 61.3 Å². The average Bonchev–Trinajstić information content (AvgIpc) is 3.73. The molecule has 0 bridgehead atoms. The molecular formula is C46H24N6. The van der Waals surface area contributed by atoms with Gasteiger partial charge in [0.25, 0.3) is 0 Å². The van der Waals surface area contributed by atoms with Crippen molar-refractivity contribution < 1.29 is 0 Å². The van der Waals surface area contributed by atoms with E-state index in [1.165, 1.54) is 0 Å². The first-order valence-electron chi connectivity index (χ1n) is 16.6. The van der Waals surface area contributed by atoms with Crippen molar-refractivity contribution in [2.75, 3.05) is 0 Å². The van der Waals surface area contributed by atoms with Gasteiger partial charge in [0.15, 0.2) is 11.4 Å². The van der Waals surface area contributed by atoms with Crippen molar-refractivity contribution >= 4 is 55.0 Å². The van der Waals surface area contributed by atoms with Crippen molar-refractivity contribution in [3.8, 4) is 45.8 Å². The van der Waals surface area contributed by atoms with Gasteiger partial charge in [-0.2, -0.15) is 10.5 Å². The van der Waals surface area contributed by atoms with E-state index in [1.807, 2.05) is 109 Å². The Morgan fingerprint density at radius 2 is 1.08 bits per heavy atom. The minimum Gasteiger partial charge on any atom is -0.308 e. The van der Waals surface area contributed by atoms with Crippen LogP contribution in [0.5, 0.6) is 0 Å². The summed E-state index contributed by atoms with van der Waals surface area (Å²) in [4.78, 5) is 7.49. The van der Waals surface area contributed by atoms with Crippen molar-refractivity contribution in [1.82, 2.24) is 9.13 Å². The summed E-state index contributed by atoms with van der Waals surface area (Å²) in [6.07, 6.45) is 0. The van der Waals surface area contributed by atoms with Gasteiger partial charge in [-0.15, -0.1) is 0 Å². The average molecular weight is 661 g/mol. The second-order valence-electron chi connectivity index (χ2n) is 12.5. The summed E-state index contributed by atoms with van der Waals surface area (Å²) >= 11 is 0. The third kappa shape index (κ3) is 4.47. The van der Waals surface area contributed by atoms with Crippen molar-refractivity contribution in [3.05, 3.63) is 180 Å².